The molecule has 1 saturated heterocycles. The Morgan fingerprint density at radius 1 is 1.20 bits per heavy atom. The van der Waals surface area contributed by atoms with Gasteiger partial charge in [0.25, 0.3) is 0 Å². The maximum atomic E-state index is 13.4. The van der Waals surface area contributed by atoms with Crippen molar-refractivity contribution in [3.8, 4) is 0 Å². The van der Waals surface area contributed by atoms with Gasteiger partial charge < -0.3 is 30.4 Å². The van der Waals surface area contributed by atoms with Crippen LogP contribution in [0.2, 0.25) is 0 Å². The lowest BCUT2D eigenvalue weighted by molar-refractivity contribution is 0.142. The summed E-state index contributed by atoms with van der Waals surface area (Å²) in [5.74, 6) is 2.35. The number of aromatic amines is 1. The average molecular weight is 567 g/mol. The number of hydrogen-bond donors (Lipinski definition) is 4. The van der Waals surface area contributed by atoms with E-state index < -0.39 is 5.54 Å². The Balaban J connectivity index is 0.00000323. The van der Waals surface area contributed by atoms with Gasteiger partial charge in [-0.3, -0.25) is 5.10 Å². The topological polar surface area (TPSA) is 138 Å². The Bertz CT molecular complexity index is 1360. The summed E-state index contributed by atoms with van der Waals surface area (Å²) in [6.45, 7) is 5.29. The highest BCUT2D eigenvalue weighted by Gasteiger charge is 2.47. The monoisotopic (exact) mass is 566 g/mol. The van der Waals surface area contributed by atoms with E-state index in [4.69, 9.17) is 0 Å². The SMILES string of the molecule is CN(C)c1nc(Nc2n[nH]c3c2CN(C(=O)N[C@H]2CC2c2ccccc2)C3(C)C)nc(N2CCC[C@H]2CO)n1.S. The molecule has 0 bridgehead atoms. The van der Waals surface area contributed by atoms with Gasteiger partial charge in [0.2, 0.25) is 17.8 Å². The molecule has 2 aromatic heterocycles. The second kappa shape index (κ2) is 10.8. The molecular weight excluding hydrogens is 528 g/mol. The van der Waals surface area contributed by atoms with Gasteiger partial charge in [0.15, 0.2) is 5.82 Å². The van der Waals surface area contributed by atoms with E-state index in [0.717, 1.165) is 37.1 Å². The quantitative estimate of drug-likeness (QED) is 0.340. The number of amides is 2. The van der Waals surface area contributed by atoms with Crippen molar-refractivity contribution in [3.63, 3.8) is 0 Å². The van der Waals surface area contributed by atoms with Crippen LogP contribution in [0.15, 0.2) is 30.3 Å². The fourth-order valence-corrected chi connectivity index (χ4v) is 5.74. The lowest BCUT2D eigenvalue weighted by Crippen LogP contribution is -2.47. The Hall–Kier alpha value is -3.58. The van der Waals surface area contributed by atoms with E-state index in [2.05, 4.69) is 47.9 Å². The van der Waals surface area contributed by atoms with Crippen LogP contribution in [0.25, 0.3) is 0 Å². The molecule has 214 valence electrons. The fourth-order valence-electron chi connectivity index (χ4n) is 5.74. The molecular formula is C27H38N10O2S. The number of nitrogens with zero attached hydrogens (tertiary/aromatic N) is 7. The number of hydrogen-bond acceptors (Lipinski definition) is 9. The summed E-state index contributed by atoms with van der Waals surface area (Å²) in [5.41, 5.74) is 2.50. The molecule has 40 heavy (non-hydrogen) atoms. The summed E-state index contributed by atoms with van der Waals surface area (Å²) in [7, 11) is 3.76. The molecule has 0 radical (unpaired) electrons. The van der Waals surface area contributed by atoms with Crippen LogP contribution in [0.1, 0.15) is 55.8 Å². The Morgan fingerprint density at radius 2 is 1.98 bits per heavy atom. The minimum atomic E-state index is -0.563. The van der Waals surface area contributed by atoms with E-state index in [0.29, 0.717) is 36.1 Å². The molecule has 4 heterocycles. The highest BCUT2D eigenvalue weighted by Crippen LogP contribution is 2.43. The number of anilines is 4. The maximum Gasteiger partial charge on any atom is 0.318 e. The third kappa shape index (κ3) is 5.03. The van der Waals surface area contributed by atoms with Gasteiger partial charge in [-0.25, -0.2) is 4.79 Å². The number of fused-ring (bicyclic) bond motifs is 1. The third-order valence-corrected chi connectivity index (χ3v) is 8.13. The zero-order valence-corrected chi connectivity index (χ0v) is 24.3. The molecule has 6 rings (SSSR count). The van der Waals surface area contributed by atoms with Gasteiger partial charge >= 0.3 is 6.03 Å². The minimum absolute atomic E-state index is 0. The average Bonchev–Trinajstić information content (AvgIpc) is 3.23. The zero-order chi connectivity index (χ0) is 27.3. The molecule has 3 aromatic rings. The molecule has 12 nitrogen and oxygen atoms in total. The van der Waals surface area contributed by atoms with Crippen molar-refractivity contribution in [2.45, 2.75) is 63.2 Å². The summed E-state index contributed by atoms with van der Waals surface area (Å²) < 4.78 is 0. The number of H-pyrrole nitrogens is 1. The lowest BCUT2D eigenvalue weighted by atomic mass is 10.0. The summed E-state index contributed by atoms with van der Waals surface area (Å²) in [5, 5.41) is 24.0. The number of benzene rings is 1. The number of rotatable bonds is 7. The maximum absolute atomic E-state index is 13.4. The Morgan fingerprint density at radius 3 is 2.70 bits per heavy atom. The normalized spacial score (nSPS) is 22.5. The second-order valence-corrected chi connectivity index (χ2v) is 11.3. The van der Waals surface area contributed by atoms with Crippen LogP contribution < -0.4 is 20.4 Å². The molecule has 2 fully saturated rings. The van der Waals surface area contributed by atoms with Gasteiger partial charge in [0.1, 0.15) is 0 Å². The van der Waals surface area contributed by atoms with Crippen molar-refractivity contribution in [1.29, 1.82) is 0 Å². The largest absolute Gasteiger partial charge is 0.394 e. The number of aliphatic hydroxyl groups is 1. The van der Waals surface area contributed by atoms with Gasteiger partial charge in [-0.2, -0.15) is 33.5 Å². The van der Waals surface area contributed by atoms with Gasteiger partial charge in [0.05, 0.1) is 30.4 Å². The van der Waals surface area contributed by atoms with Crippen molar-refractivity contribution >= 4 is 43.2 Å². The predicted octanol–water partition coefficient (Wildman–Crippen LogP) is 2.79. The molecule has 2 amide bonds. The van der Waals surface area contributed by atoms with Crippen LogP contribution in [0.4, 0.5) is 28.5 Å². The Kier molecular flexibility index (Phi) is 7.53. The van der Waals surface area contributed by atoms with Gasteiger partial charge in [0, 0.05) is 38.2 Å². The predicted molar refractivity (Wildman–Crippen MR) is 159 cm³/mol. The van der Waals surface area contributed by atoms with Crippen molar-refractivity contribution in [1.82, 2.24) is 35.4 Å². The van der Waals surface area contributed by atoms with E-state index in [-0.39, 0.29) is 38.2 Å². The number of urea groups is 1. The first-order valence-electron chi connectivity index (χ1n) is 13.5. The van der Waals surface area contributed by atoms with Gasteiger partial charge in [-0.1, -0.05) is 30.3 Å². The number of aromatic nitrogens is 5. The minimum Gasteiger partial charge on any atom is -0.394 e. The van der Waals surface area contributed by atoms with E-state index >= 15 is 0 Å². The first kappa shape index (κ1) is 28.0. The highest BCUT2D eigenvalue weighted by molar-refractivity contribution is 7.59. The van der Waals surface area contributed by atoms with Crippen LogP contribution >= 0.6 is 13.5 Å². The van der Waals surface area contributed by atoms with Crippen LogP contribution in [0.5, 0.6) is 0 Å². The number of nitrogens with one attached hydrogen (secondary N) is 3. The number of aliphatic hydroxyl groups excluding tert-OH is 1. The molecule has 2 aliphatic heterocycles. The Labute approximate surface area is 241 Å². The van der Waals surface area contributed by atoms with Crippen molar-refractivity contribution in [2.24, 2.45) is 0 Å². The van der Waals surface area contributed by atoms with E-state index in [9.17, 15) is 9.90 Å². The fraction of sp³-hybridized carbons (Fsp3) is 0.519. The van der Waals surface area contributed by atoms with E-state index in [1.54, 1.807) is 0 Å². The second-order valence-electron chi connectivity index (χ2n) is 11.3. The molecule has 4 N–H and O–H groups in total. The van der Waals surface area contributed by atoms with Crippen molar-refractivity contribution in [2.75, 3.05) is 42.4 Å². The highest BCUT2D eigenvalue weighted by atomic mass is 32.1. The molecule has 1 aromatic carbocycles. The van der Waals surface area contributed by atoms with Gasteiger partial charge in [-0.05, 0) is 38.7 Å². The summed E-state index contributed by atoms with van der Waals surface area (Å²) in [6, 6.07) is 10.4. The third-order valence-electron chi connectivity index (χ3n) is 8.13. The van der Waals surface area contributed by atoms with E-state index in [1.807, 2.05) is 60.8 Å². The molecule has 1 saturated carbocycles. The summed E-state index contributed by atoms with van der Waals surface area (Å²) in [6.07, 6.45) is 2.83. The standard InChI is InChI=1S/C27H36N10O2.H2S/c1-27(2)21-19(14-37(27)26(39)28-20-13-18(20)16-9-6-5-7-10-16)22(34-33-21)29-23-30-24(35(3)4)32-25(31-23)36-12-8-11-17(36)15-38;/h5-7,9-10,17-18,20,38H,8,11-15H2,1-4H3,(H,28,39)(H2,29,30,31,32,33,34);1H2/t17-,18?,20-;/m0./s1. The lowest BCUT2D eigenvalue weighted by Gasteiger charge is -2.32. The molecule has 13 heteroatoms. The number of carbonyl (C=O) groups is 1. The van der Waals surface area contributed by atoms with Crippen LogP contribution in [0, 0.1) is 0 Å². The van der Waals surface area contributed by atoms with E-state index in [1.165, 1.54) is 5.56 Å². The van der Waals surface area contributed by atoms with Crippen LogP contribution in [-0.4, -0.2) is 80.5 Å². The molecule has 3 atom stereocenters. The summed E-state index contributed by atoms with van der Waals surface area (Å²) >= 11 is 0. The molecule has 1 aliphatic carbocycles. The van der Waals surface area contributed by atoms with Crippen LogP contribution in [0.3, 0.4) is 0 Å². The first-order chi connectivity index (χ1) is 18.8. The first-order valence-corrected chi connectivity index (χ1v) is 13.5. The molecule has 3 aliphatic rings. The zero-order valence-electron chi connectivity index (χ0n) is 23.3. The van der Waals surface area contributed by atoms with Gasteiger partial charge in [-0.15, -0.1) is 0 Å². The number of carbonyl (C=O) groups excluding carboxylic acids is 1. The molecule has 1 unspecified atom stereocenters. The smallest absolute Gasteiger partial charge is 0.318 e. The summed E-state index contributed by atoms with van der Waals surface area (Å²) in [4.78, 5) is 33.0. The van der Waals surface area contributed by atoms with Crippen molar-refractivity contribution in [3.05, 3.63) is 47.2 Å². The molecule has 0 spiro atoms. The van der Waals surface area contributed by atoms with Crippen molar-refractivity contribution < 1.29 is 9.90 Å². The van der Waals surface area contributed by atoms with Crippen LogP contribution in [-0.2, 0) is 12.1 Å².